The van der Waals surface area contributed by atoms with Crippen LogP contribution < -0.4 is 0 Å². The number of hydrogen-bond acceptors (Lipinski definition) is 5. The molecule has 0 radical (unpaired) electrons. The highest BCUT2D eigenvalue weighted by atomic mass is 35.5. The summed E-state index contributed by atoms with van der Waals surface area (Å²) in [6, 6.07) is 3.62. The van der Waals surface area contributed by atoms with E-state index in [4.69, 9.17) is 16.3 Å². The van der Waals surface area contributed by atoms with Crippen LogP contribution in [0.4, 0.5) is 18.0 Å². The second kappa shape index (κ2) is 10.6. The molecule has 0 N–H and O–H groups in total. The Hall–Kier alpha value is -1.65. The van der Waals surface area contributed by atoms with Crippen LogP contribution in [-0.2, 0) is 15.7 Å². The van der Waals surface area contributed by atoms with Crippen molar-refractivity contribution >= 4 is 35.4 Å². The monoisotopic (exact) mass is 547 g/mol. The maximum Gasteiger partial charge on any atom is 0.417 e. The Labute approximate surface area is 219 Å². The molecule has 0 unspecified atom stereocenters. The fourth-order valence-electron chi connectivity index (χ4n) is 5.25. The van der Waals surface area contributed by atoms with Gasteiger partial charge in [0.1, 0.15) is 11.6 Å². The van der Waals surface area contributed by atoms with Gasteiger partial charge in [0.2, 0.25) is 5.91 Å². The molecule has 3 saturated heterocycles. The van der Waals surface area contributed by atoms with Crippen LogP contribution in [-0.4, -0.2) is 82.2 Å². The molecule has 4 rings (SSSR count). The van der Waals surface area contributed by atoms with Crippen LogP contribution in [0.15, 0.2) is 18.2 Å². The zero-order valence-corrected chi connectivity index (χ0v) is 22.4. The van der Waals surface area contributed by atoms with Gasteiger partial charge in [-0.15, -0.1) is 11.8 Å². The van der Waals surface area contributed by atoms with E-state index in [1.807, 2.05) is 0 Å². The Kier molecular flexibility index (Phi) is 8.07. The molecular formula is C25H33ClF3N3O3S. The average Bonchev–Trinajstić information content (AvgIpc) is 3.48. The summed E-state index contributed by atoms with van der Waals surface area (Å²) in [7, 11) is 0. The molecule has 0 aromatic heterocycles. The van der Waals surface area contributed by atoms with Crippen molar-refractivity contribution in [1.82, 2.24) is 14.7 Å². The van der Waals surface area contributed by atoms with Crippen molar-refractivity contribution < 1.29 is 27.5 Å². The Morgan fingerprint density at radius 2 is 1.81 bits per heavy atom. The molecule has 0 saturated carbocycles. The first-order chi connectivity index (χ1) is 16.8. The minimum absolute atomic E-state index is 0.00127. The van der Waals surface area contributed by atoms with Crippen molar-refractivity contribution in [2.45, 2.75) is 69.8 Å². The van der Waals surface area contributed by atoms with Gasteiger partial charge in [0.25, 0.3) is 0 Å². The molecule has 2 amide bonds. The lowest BCUT2D eigenvalue weighted by Crippen LogP contribution is -2.48. The Bertz CT molecular complexity index is 974. The summed E-state index contributed by atoms with van der Waals surface area (Å²) in [6.07, 6.45) is -3.04. The van der Waals surface area contributed by atoms with Crippen molar-refractivity contribution in [2.75, 3.05) is 37.8 Å². The second-order valence-electron chi connectivity index (χ2n) is 10.7. The predicted molar refractivity (Wildman–Crippen MR) is 134 cm³/mol. The number of carbonyl (C=O) groups is 2. The number of halogens is 4. The Morgan fingerprint density at radius 1 is 1.11 bits per heavy atom. The Balaban J connectivity index is 1.44. The van der Waals surface area contributed by atoms with Crippen LogP contribution in [0.5, 0.6) is 0 Å². The summed E-state index contributed by atoms with van der Waals surface area (Å²) in [5, 5.41) is -0.288. The zero-order chi connectivity index (χ0) is 26.3. The summed E-state index contributed by atoms with van der Waals surface area (Å²) < 4.78 is 45.6. The van der Waals surface area contributed by atoms with Gasteiger partial charge in [-0.25, -0.2) is 4.79 Å². The number of alkyl halides is 3. The van der Waals surface area contributed by atoms with Crippen LogP contribution >= 0.6 is 23.4 Å². The van der Waals surface area contributed by atoms with E-state index in [0.717, 1.165) is 5.75 Å². The fourth-order valence-corrected chi connectivity index (χ4v) is 6.43. The summed E-state index contributed by atoms with van der Waals surface area (Å²) in [5.41, 5.74) is -0.819. The van der Waals surface area contributed by atoms with E-state index in [1.165, 1.54) is 12.1 Å². The van der Waals surface area contributed by atoms with E-state index in [-0.39, 0.29) is 22.9 Å². The maximum atomic E-state index is 13.3. The second-order valence-corrected chi connectivity index (χ2v) is 12.2. The first-order valence-electron chi connectivity index (χ1n) is 12.3. The molecule has 6 nitrogen and oxygen atoms in total. The van der Waals surface area contributed by atoms with Gasteiger partial charge in [0, 0.05) is 24.9 Å². The van der Waals surface area contributed by atoms with Crippen LogP contribution in [0, 0.1) is 0 Å². The third-order valence-corrected chi connectivity index (χ3v) is 8.36. The van der Waals surface area contributed by atoms with Crippen LogP contribution in [0.1, 0.15) is 57.1 Å². The molecule has 36 heavy (non-hydrogen) atoms. The van der Waals surface area contributed by atoms with Gasteiger partial charge in [-0.05, 0) is 76.7 Å². The minimum Gasteiger partial charge on any atom is -0.444 e. The van der Waals surface area contributed by atoms with Gasteiger partial charge >= 0.3 is 12.3 Å². The number of benzene rings is 1. The molecule has 3 aliphatic heterocycles. The van der Waals surface area contributed by atoms with Gasteiger partial charge in [0.15, 0.2) is 0 Å². The lowest BCUT2D eigenvalue weighted by molar-refractivity contribution is -0.137. The molecule has 0 spiro atoms. The molecule has 3 fully saturated rings. The molecule has 1 aromatic rings. The number of rotatable bonds is 3. The first-order valence-corrected chi connectivity index (χ1v) is 13.8. The molecule has 2 atom stereocenters. The van der Waals surface area contributed by atoms with Crippen LogP contribution in [0.2, 0.25) is 5.02 Å². The third-order valence-electron chi connectivity index (χ3n) is 7.07. The van der Waals surface area contributed by atoms with E-state index >= 15 is 0 Å². The van der Waals surface area contributed by atoms with Crippen molar-refractivity contribution in [3.63, 3.8) is 0 Å². The molecule has 200 valence electrons. The molecule has 1 aromatic carbocycles. The molecular weight excluding hydrogens is 515 g/mol. The SMILES string of the molecule is CC(C)(C)OC(=O)N1C[C@@H](N2CCC(c3ccc(Cl)c(C(F)(F)F)c3)CC2)C[C@H]1C(=O)N1CCSC1. The smallest absolute Gasteiger partial charge is 0.417 e. The van der Waals surface area contributed by atoms with Gasteiger partial charge in [0.05, 0.1) is 16.5 Å². The lowest BCUT2D eigenvalue weighted by atomic mass is 9.88. The number of amides is 2. The molecule has 3 heterocycles. The number of likely N-dealkylation sites (tertiary alicyclic amines) is 2. The summed E-state index contributed by atoms with van der Waals surface area (Å²) >= 11 is 7.49. The van der Waals surface area contributed by atoms with Crippen LogP contribution in [0.25, 0.3) is 0 Å². The number of nitrogens with zero attached hydrogens (tertiary/aromatic N) is 3. The van der Waals surface area contributed by atoms with Crippen molar-refractivity contribution in [1.29, 1.82) is 0 Å². The van der Waals surface area contributed by atoms with Crippen molar-refractivity contribution in [3.05, 3.63) is 34.3 Å². The van der Waals surface area contributed by atoms with E-state index in [9.17, 15) is 22.8 Å². The quantitative estimate of drug-likeness (QED) is 0.504. The standard InChI is InChI=1S/C25H33ClF3N3O3S/c1-24(2,3)35-23(34)32-14-18(13-21(32)22(33)31-10-11-36-15-31)30-8-6-16(7-9-30)17-4-5-20(26)19(12-17)25(27,28)29/h4-5,12,16,18,21H,6-11,13-15H2,1-3H3/t18-,21-/m0/s1. The molecule has 0 bridgehead atoms. The fraction of sp³-hybridized carbons (Fsp3) is 0.680. The largest absolute Gasteiger partial charge is 0.444 e. The van der Waals surface area contributed by atoms with Gasteiger partial charge in [-0.1, -0.05) is 17.7 Å². The molecule has 11 heteroatoms. The molecule has 3 aliphatic rings. The topological polar surface area (TPSA) is 53.1 Å². The van der Waals surface area contributed by atoms with Crippen molar-refractivity contribution in [3.8, 4) is 0 Å². The van der Waals surface area contributed by atoms with Gasteiger partial charge in [-0.3, -0.25) is 14.6 Å². The lowest BCUT2D eigenvalue weighted by Gasteiger charge is -2.36. The first kappa shape index (κ1) is 27.4. The normalized spacial score (nSPS) is 24.4. The summed E-state index contributed by atoms with van der Waals surface area (Å²) in [4.78, 5) is 31.9. The highest BCUT2D eigenvalue weighted by Gasteiger charge is 2.45. The minimum atomic E-state index is -4.49. The number of carbonyl (C=O) groups excluding carboxylic acids is 2. The van der Waals surface area contributed by atoms with E-state index < -0.39 is 29.5 Å². The maximum absolute atomic E-state index is 13.3. The average molecular weight is 548 g/mol. The van der Waals surface area contributed by atoms with Crippen LogP contribution in [0.3, 0.4) is 0 Å². The highest BCUT2D eigenvalue weighted by Crippen LogP contribution is 2.39. The predicted octanol–water partition coefficient (Wildman–Crippen LogP) is 5.45. The number of thioether (sulfide) groups is 1. The van der Waals surface area contributed by atoms with E-state index in [2.05, 4.69) is 4.90 Å². The van der Waals surface area contributed by atoms with Gasteiger partial charge < -0.3 is 9.64 Å². The highest BCUT2D eigenvalue weighted by molar-refractivity contribution is 7.99. The van der Waals surface area contributed by atoms with Gasteiger partial charge in [-0.2, -0.15) is 13.2 Å². The Morgan fingerprint density at radius 3 is 2.39 bits per heavy atom. The van der Waals surface area contributed by atoms with E-state index in [0.29, 0.717) is 56.9 Å². The third kappa shape index (κ3) is 6.25. The number of ether oxygens (including phenoxy) is 1. The van der Waals surface area contributed by atoms with E-state index in [1.54, 1.807) is 48.4 Å². The summed E-state index contributed by atoms with van der Waals surface area (Å²) in [6.45, 7) is 7.85. The molecule has 0 aliphatic carbocycles. The zero-order valence-electron chi connectivity index (χ0n) is 20.8. The van der Waals surface area contributed by atoms with Crippen molar-refractivity contribution in [2.24, 2.45) is 0 Å². The number of piperidine rings is 1. The summed E-state index contributed by atoms with van der Waals surface area (Å²) in [5.74, 6) is 1.49. The number of hydrogen-bond donors (Lipinski definition) is 0.